The molecule has 0 saturated heterocycles. The maximum absolute atomic E-state index is 13.2. The first-order chi connectivity index (χ1) is 9.52. The van der Waals surface area contributed by atoms with Crippen LogP contribution in [-0.4, -0.2) is 28.5 Å². The summed E-state index contributed by atoms with van der Waals surface area (Å²) >= 11 is 0.952. The molecule has 5 nitrogen and oxygen atoms in total. The minimum absolute atomic E-state index is 0.0634. The largest absolute Gasteiger partial charge is 0.476 e. The van der Waals surface area contributed by atoms with Crippen molar-refractivity contribution in [2.75, 3.05) is 11.4 Å². The Morgan fingerprint density at radius 3 is 2.75 bits per heavy atom. The van der Waals surface area contributed by atoms with E-state index in [0.717, 1.165) is 11.3 Å². The topological polar surface area (TPSA) is 70.5 Å². The molecule has 0 saturated carbocycles. The SMILES string of the molecule is CCN(C(=O)c1nc(C(=O)O)cs1)c1cccc(F)c1. The molecule has 0 aliphatic heterocycles. The number of anilines is 1. The van der Waals surface area contributed by atoms with Crippen LogP contribution in [0, 0.1) is 5.82 Å². The Morgan fingerprint density at radius 1 is 1.45 bits per heavy atom. The highest BCUT2D eigenvalue weighted by molar-refractivity contribution is 7.12. The Labute approximate surface area is 118 Å². The number of rotatable bonds is 4. The molecule has 104 valence electrons. The van der Waals surface area contributed by atoms with Crippen molar-refractivity contribution in [3.63, 3.8) is 0 Å². The molecule has 0 fully saturated rings. The molecule has 2 rings (SSSR count). The van der Waals surface area contributed by atoms with Gasteiger partial charge < -0.3 is 10.0 Å². The molecule has 1 aromatic carbocycles. The third-order valence-electron chi connectivity index (χ3n) is 2.59. The van der Waals surface area contributed by atoms with E-state index in [-0.39, 0.29) is 10.7 Å². The van der Waals surface area contributed by atoms with Gasteiger partial charge in [-0.15, -0.1) is 11.3 Å². The lowest BCUT2D eigenvalue weighted by molar-refractivity contribution is 0.0691. The number of carboxylic acids is 1. The number of thiazole rings is 1. The quantitative estimate of drug-likeness (QED) is 0.941. The van der Waals surface area contributed by atoms with Crippen LogP contribution < -0.4 is 4.90 Å². The van der Waals surface area contributed by atoms with Crippen LogP contribution in [0.5, 0.6) is 0 Å². The van der Waals surface area contributed by atoms with Gasteiger partial charge in [0, 0.05) is 17.6 Å². The average Bonchev–Trinajstić information content (AvgIpc) is 2.89. The predicted octanol–water partition coefficient (Wildman–Crippen LogP) is 2.65. The van der Waals surface area contributed by atoms with Crippen molar-refractivity contribution >= 4 is 28.9 Å². The lowest BCUT2D eigenvalue weighted by Crippen LogP contribution is -2.30. The van der Waals surface area contributed by atoms with Gasteiger partial charge in [-0.1, -0.05) is 6.07 Å². The second kappa shape index (κ2) is 5.79. The maximum Gasteiger partial charge on any atom is 0.355 e. The van der Waals surface area contributed by atoms with E-state index in [0.29, 0.717) is 12.2 Å². The molecule has 0 bridgehead atoms. The summed E-state index contributed by atoms with van der Waals surface area (Å²) in [6.07, 6.45) is 0. The molecule has 0 atom stereocenters. The van der Waals surface area contributed by atoms with Crippen LogP contribution in [0.4, 0.5) is 10.1 Å². The van der Waals surface area contributed by atoms with Gasteiger partial charge >= 0.3 is 5.97 Å². The number of benzene rings is 1. The molecular formula is C13H11FN2O3S. The van der Waals surface area contributed by atoms with Crippen LogP contribution in [0.2, 0.25) is 0 Å². The van der Waals surface area contributed by atoms with Crippen LogP contribution in [-0.2, 0) is 0 Å². The van der Waals surface area contributed by atoms with Crippen LogP contribution in [0.25, 0.3) is 0 Å². The van der Waals surface area contributed by atoms with Gasteiger partial charge in [-0.2, -0.15) is 0 Å². The zero-order valence-corrected chi connectivity index (χ0v) is 11.4. The molecular weight excluding hydrogens is 283 g/mol. The Kier molecular flexibility index (Phi) is 4.09. The summed E-state index contributed by atoms with van der Waals surface area (Å²) in [6.45, 7) is 2.07. The average molecular weight is 294 g/mol. The first-order valence-corrected chi connectivity index (χ1v) is 6.67. The predicted molar refractivity (Wildman–Crippen MR) is 72.8 cm³/mol. The highest BCUT2D eigenvalue weighted by atomic mass is 32.1. The summed E-state index contributed by atoms with van der Waals surface area (Å²) < 4.78 is 13.2. The van der Waals surface area contributed by atoms with Crippen LogP contribution in [0.3, 0.4) is 0 Å². The third-order valence-corrected chi connectivity index (χ3v) is 3.42. The summed E-state index contributed by atoms with van der Waals surface area (Å²) in [4.78, 5) is 28.1. The number of hydrogen-bond acceptors (Lipinski definition) is 4. The fourth-order valence-electron chi connectivity index (χ4n) is 1.67. The van der Waals surface area contributed by atoms with Crippen molar-refractivity contribution in [2.45, 2.75) is 6.92 Å². The molecule has 0 spiro atoms. The Bertz CT molecular complexity index is 657. The Morgan fingerprint density at radius 2 is 2.20 bits per heavy atom. The molecule has 1 N–H and O–H groups in total. The molecule has 20 heavy (non-hydrogen) atoms. The van der Waals surface area contributed by atoms with Crippen molar-refractivity contribution in [3.8, 4) is 0 Å². The molecule has 0 radical (unpaired) electrons. The third kappa shape index (κ3) is 2.83. The summed E-state index contributed by atoms with van der Waals surface area (Å²) in [5, 5.41) is 10.2. The number of carbonyl (C=O) groups excluding carboxylic acids is 1. The highest BCUT2D eigenvalue weighted by Crippen LogP contribution is 2.20. The summed E-state index contributed by atoms with van der Waals surface area (Å²) in [7, 11) is 0. The molecule has 2 aromatic rings. The fraction of sp³-hybridized carbons (Fsp3) is 0.154. The number of amides is 1. The molecule has 0 aliphatic rings. The van der Waals surface area contributed by atoms with E-state index in [2.05, 4.69) is 4.98 Å². The highest BCUT2D eigenvalue weighted by Gasteiger charge is 2.21. The molecule has 1 aromatic heterocycles. The van der Waals surface area contributed by atoms with Crippen LogP contribution in [0.15, 0.2) is 29.6 Å². The number of carbonyl (C=O) groups is 2. The zero-order chi connectivity index (χ0) is 14.7. The van der Waals surface area contributed by atoms with Gasteiger partial charge in [0.1, 0.15) is 5.82 Å². The number of aromatic nitrogens is 1. The van der Waals surface area contributed by atoms with E-state index in [1.54, 1.807) is 13.0 Å². The molecule has 0 aliphatic carbocycles. The second-order valence-electron chi connectivity index (χ2n) is 3.87. The summed E-state index contributed by atoms with van der Waals surface area (Å²) in [6, 6.07) is 5.64. The summed E-state index contributed by atoms with van der Waals surface area (Å²) in [5.41, 5.74) is 0.234. The first-order valence-electron chi connectivity index (χ1n) is 5.79. The number of hydrogen-bond donors (Lipinski definition) is 1. The minimum Gasteiger partial charge on any atom is -0.476 e. The fourth-order valence-corrected chi connectivity index (χ4v) is 2.41. The van der Waals surface area contributed by atoms with E-state index >= 15 is 0 Å². The maximum atomic E-state index is 13.2. The van der Waals surface area contributed by atoms with Gasteiger partial charge in [0.25, 0.3) is 5.91 Å². The van der Waals surface area contributed by atoms with E-state index in [1.165, 1.54) is 28.5 Å². The zero-order valence-electron chi connectivity index (χ0n) is 10.5. The van der Waals surface area contributed by atoms with Gasteiger partial charge in [0.2, 0.25) is 0 Å². The van der Waals surface area contributed by atoms with Crippen molar-refractivity contribution in [1.82, 2.24) is 4.98 Å². The number of nitrogens with zero attached hydrogens (tertiary/aromatic N) is 2. The van der Waals surface area contributed by atoms with Crippen molar-refractivity contribution < 1.29 is 19.1 Å². The Hall–Kier alpha value is -2.28. The van der Waals surface area contributed by atoms with Crippen LogP contribution in [0.1, 0.15) is 27.2 Å². The van der Waals surface area contributed by atoms with Gasteiger partial charge in [-0.25, -0.2) is 14.2 Å². The van der Waals surface area contributed by atoms with Crippen LogP contribution >= 0.6 is 11.3 Å². The molecule has 7 heteroatoms. The number of carboxylic acid groups (broad SMARTS) is 1. The smallest absolute Gasteiger partial charge is 0.355 e. The molecule has 1 heterocycles. The Balaban J connectivity index is 2.31. The standard InChI is InChI=1S/C13H11FN2O3S/c1-2-16(9-5-3-4-8(14)6-9)12(17)11-15-10(7-20-11)13(18)19/h3-7H,2H2,1H3,(H,18,19). The van der Waals surface area contributed by atoms with E-state index in [1.807, 2.05) is 0 Å². The van der Waals surface area contributed by atoms with Gasteiger partial charge in [0.15, 0.2) is 10.7 Å². The minimum atomic E-state index is -1.19. The first kappa shape index (κ1) is 14.1. The van der Waals surface area contributed by atoms with E-state index in [4.69, 9.17) is 5.11 Å². The van der Waals surface area contributed by atoms with Gasteiger partial charge in [-0.3, -0.25) is 4.79 Å². The molecule has 1 amide bonds. The molecule has 0 unspecified atom stereocenters. The van der Waals surface area contributed by atoms with Gasteiger partial charge in [0.05, 0.1) is 0 Å². The van der Waals surface area contributed by atoms with Crippen molar-refractivity contribution in [3.05, 3.63) is 46.2 Å². The van der Waals surface area contributed by atoms with Crippen molar-refractivity contribution in [1.29, 1.82) is 0 Å². The number of halogens is 1. The lowest BCUT2D eigenvalue weighted by atomic mass is 10.2. The monoisotopic (exact) mass is 294 g/mol. The lowest BCUT2D eigenvalue weighted by Gasteiger charge is -2.19. The van der Waals surface area contributed by atoms with Gasteiger partial charge in [-0.05, 0) is 25.1 Å². The van der Waals surface area contributed by atoms with Crippen molar-refractivity contribution in [2.24, 2.45) is 0 Å². The normalized spacial score (nSPS) is 10.3. The van der Waals surface area contributed by atoms with E-state index in [9.17, 15) is 14.0 Å². The summed E-state index contributed by atoms with van der Waals surface area (Å²) in [5.74, 6) is -2.08. The second-order valence-corrected chi connectivity index (χ2v) is 4.73. The van der Waals surface area contributed by atoms with E-state index < -0.39 is 17.7 Å². The number of aromatic carboxylic acids is 1.